The Kier molecular flexibility index (Phi) is 7.75. The van der Waals surface area contributed by atoms with Crippen LogP contribution in [0.4, 0.5) is 0 Å². The Bertz CT molecular complexity index is 689. The molecule has 0 aliphatic heterocycles. The predicted octanol–water partition coefficient (Wildman–Crippen LogP) is 1.88. The number of methoxy groups -OCH3 is 2. The molecule has 1 N–H and O–H groups in total. The number of carbonyl (C=O) groups is 1. The molecule has 6 nitrogen and oxygen atoms in total. The van der Waals surface area contributed by atoms with E-state index in [1.165, 1.54) is 18.7 Å². The average molecular weight is 411 g/mol. The van der Waals surface area contributed by atoms with Gasteiger partial charge in [0.25, 0.3) is 0 Å². The summed E-state index contributed by atoms with van der Waals surface area (Å²) in [6, 6.07) is 13.2. The summed E-state index contributed by atoms with van der Waals surface area (Å²) in [5.74, 6) is -0.318. The molecule has 134 valence electrons. The van der Waals surface area contributed by atoms with Crippen LogP contribution in [0.5, 0.6) is 11.5 Å². The molecule has 0 unspecified atom stereocenters. The van der Waals surface area contributed by atoms with Crippen LogP contribution >= 0.6 is 0 Å². The molecule has 0 amide bonds. The van der Waals surface area contributed by atoms with Gasteiger partial charge in [-0.1, -0.05) is 0 Å². The van der Waals surface area contributed by atoms with E-state index < -0.39 is 5.97 Å². The molecule has 0 radical (unpaired) electrons. The van der Waals surface area contributed by atoms with Crippen molar-refractivity contribution in [3.8, 4) is 11.5 Å². The van der Waals surface area contributed by atoms with Gasteiger partial charge in [-0.15, -0.1) is 0 Å². The van der Waals surface area contributed by atoms with Crippen LogP contribution in [0.3, 0.4) is 0 Å². The molecule has 0 fully saturated rings. The van der Waals surface area contributed by atoms with Gasteiger partial charge in [-0.2, -0.15) is 0 Å². The van der Waals surface area contributed by atoms with E-state index in [4.69, 9.17) is 18.9 Å². The standard InChI is InChI=1S/C18H20O6Se/c1-21-11-23-14-8-13(10-25-15-6-4-3-5-7-15)17(18(19)20)16(9-14)24-12-22-2/h3-9H,10-12H2,1-2H3,(H,19,20). The van der Waals surface area contributed by atoms with Gasteiger partial charge in [-0.3, -0.25) is 0 Å². The van der Waals surface area contributed by atoms with Gasteiger partial charge in [0.2, 0.25) is 0 Å². The Balaban J connectivity index is 2.33. The van der Waals surface area contributed by atoms with Gasteiger partial charge in [0.05, 0.1) is 0 Å². The summed E-state index contributed by atoms with van der Waals surface area (Å²) >= 11 is 0.0872. The minimum absolute atomic E-state index is 0.0444. The first-order valence-electron chi connectivity index (χ1n) is 7.47. The van der Waals surface area contributed by atoms with Gasteiger partial charge in [0.15, 0.2) is 0 Å². The Morgan fingerprint density at radius 2 is 1.72 bits per heavy atom. The van der Waals surface area contributed by atoms with Gasteiger partial charge >= 0.3 is 152 Å². The van der Waals surface area contributed by atoms with E-state index in [1.54, 1.807) is 12.1 Å². The van der Waals surface area contributed by atoms with Crippen molar-refractivity contribution in [3.63, 3.8) is 0 Å². The molecule has 2 aromatic carbocycles. The maximum atomic E-state index is 11.8. The fourth-order valence-corrected chi connectivity index (χ4v) is 4.01. The Hall–Kier alpha value is -2.05. The van der Waals surface area contributed by atoms with Crippen LogP contribution in [0.1, 0.15) is 15.9 Å². The van der Waals surface area contributed by atoms with Crippen molar-refractivity contribution >= 4 is 25.4 Å². The predicted molar refractivity (Wildman–Crippen MR) is 93.9 cm³/mol. The fraction of sp³-hybridized carbons (Fsp3) is 0.278. The van der Waals surface area contributed by atoms with E-state index in [2.05, 4.69) is 0 Å². The maximum absolute atomic E-state index is 11.8. The first-order chi connectivity index (χ1) is 12.2. The topological polar surface area (TPSA) is 74.2 Å². The third-order valence-corrected chi connectivity index (χ3v) is 5.41. The van der Waals surface area contributed by atoms with E-state index >= 15 is 0 Å². The zero-order valence-corrected chi connectivity index (χ0v) is 15.8. The molecule has 2 aromatic rings. The van der Waals surface area contributed by atoms with Gasteiger partial charge < -0.3 is 0 Å². The first kappa shape index (κ1) is 19.3. The van der Waals surface area contributed by atoms with E-state index in [0.29, 0.717) is 16.6 Å². The molecule has 0 bridgehead atoms. The number of benzene rings is 2. The number of hydrogen-bond donors (Lipinski definition) is 1. The number of hydrogen-bond acceptors (Lipinski definition) is 5. The number of ether oxygens (including phenoxy) is 4. The van der Waals surface area contributed by atoms with Gasteiger partial charge in [0, 0.05) is 0 Å². The van der Waals surface area contributed by atoms with E-state index in [9.17, 15) is 9.90 Å². The summed E-state index contributed by atoms with van der Waals surface area (Å²) < 4.78 is 21.9. The number of carboxylic acid groups (broad SMARTS) is 1. The third-order valence-electron chi connectivity index (χ3n) is 3.18. The molecule has 0 spiro atoms. The summed E-state index contributed by atoms with van der Waals surface area (Å²) in [5, 5.41) is 10.2. The van der Waals surface area contributed by atoms with Crippen molar-refractivity contribution in [1.82, 2.24) is 0 Å². The molecule has 0 heterocycles. The van der Waals surface area contributed by atoms with E-state index in [0.717, 1.165) is 0 Å². The number of rotatable bonds is 10. The van der Waals surface area contributed by atoms with Crippen LogP contribution in [0, 0.1) is 0 Å². The summed E-state index contributed by atoms with van der Waals surface area (Å²) in [5.41, 5.74) is 0.802. The molecule has 0 atom stereocenters. The summed E-state index contributed by atoms with van der Waals surface area (Å²) in [6.45, 7) is 0.0245. The second kappa shape index (κ2) is 10.1. The molecule has 0 saturated carbocycles. The molecule has 0 aromatic heterocycles. The summed E-state index contributed by atoms with van der Waals surface area (Å²) in [4.78, 5) is 11.8. The molecule has 0 saturated heterocycles. The normalized spacial score (nSPS) is 10.5. The Morgan fingerprint density at radius 1 is 1.04 bits per heavy atom. The molecular weight excluding hydrogens is 391 g/mol. The summed E-state index contributed by atoms with van der Waals surface area (Å²) in [7, 11) is 3.00. The van der Waals surface area contributed by atoms with E-state index in [-0.39, 0.29) is 39.9 Å². The van der Waals surface area contributed by atoms with Crippen LogP contribution < -0.4 is 13.9 Å². The van der Waals surface area contributed by atoms with Crippen molar-refractivity contribution in [2.24, 2.45) is 0 Å². The third kappa shape index (κ3) is 5.76. The van der Waals surface area contributed by atoms with Crippen molar-refractivity contribution in [2.75, 3.05) is 27.8 Å². The van der Waals surface area contributed by atoms with Crippen LogP contribution in [-0.4, -0.2) is 53.8 Å². The Morgan fingerprint density at radius 3 is 2.36 bits per heavy atom. The molecule has 0 aliphatic carbocycles. The molecular formula is C18H20O6Se. The van der Waals surface area contributed by atoms with Crippen LogP contribution in [-0.2, 0) is 14.8 Å². The second-order valence-corrected chi connectivity index (χ2v) is 7.16. The molecule has 2 rings (SSSR count). The van der Waals surface area contributed by atoms with Crippen molar-refractivity contribution in [1.29, 1.82) is 0 Å². The van der Waals surface area contributed by atoms with Crippen LogP contribution in [0.25, 0.3) is 0 Å². The average Bonchev–Trinajstić information content (AvgIpc) is 2.63. The van der Waals surface area contributed by atoms with Crippen molar-refractivity contribution < 1.29 is 28.8 Å². The fourth-order valence-electron chi connectivity index (χ4n) is 2.13. The van der Waals surface area contributed by atoms with Crippen molar-refractivity contribution in [2.45, 2.75) is 5.32 Å². The Labute approximate surface area is 152 Å². The second-order valence-electron chi connectivity index (χ2n) is 4.96. The molecule has 0 aliphatic rings. The first-order valence-corrected chi connectivity index (χ1v) is 9.54. The van der Waals surface area contributed by atoms with Crippen LogP contribution in [0.15, 0.2) is 42.5 Å². The zero-order chi connectivity index (χ0) is 18.1. The number of aromatic carboxylic acids is 1. The summed E-state index contributed by atoms with van der Waals surface area (Å²) in [6.07, 6.45) is 0. The number of carboxylic acids is 1. The molecule has 7 heteroatoms. The van der Waals surface area contributed by atoms with Crippen LogP contribution in [0.2, 0.25) is 0 Å². The quantitative estimate of drug-likeness (QED) is 0.476. The van der Waals surface area contributed by atoms with E-state index in [1.807, 2.05) is 30.3 Å². The van der Waals surface area contributed by atoms with Gasteiger partial charge in [-0.25, -0.2) is 0 Å². The molecule has 25 heavy (non-hydrogen) atoms. The van der Waals surface area contributed by atoms with Gasteiger partial charge in [-0.05, 0) is 0 Å². The SMILES string of the molecule is COCOc1cc(C[Se]c2ccccc2)c(C(=O)O)c(OCOC)c1. The minimum atomic E-state index is -1.04. The van der Waals surface area contributed by atoms with Gasteiger partial charge in [0.1, 0.15) is 0 Å². The van der Waals surface area contributed by atoms with Crippen molar-refractivity contribution in [3.05, 3.63) is 53.6 Å². The monoisotopic (exact) mass is 412 g/mol. The zero-order valence-electron chi connectivity index (χ0n) is 14.1.